The van der Waals surface area contributed by atoms with Crippen LogP contribution in [0.2, 0.25) is 0 Å². The van der Waals surface area contributed by atoms with Gasteiger partial charge < -0.3 is 49.6 Å². The molecule has 20 heteroatoms. The van der Waals surface area contributed by atoms with Crippen molar-refractivity contribution in [2.24, 2.45) is 27.7 Å². The third-order valence-electron chi connectivity index (χ3n) is 16.4. The summed E-state index contributed by atoms with van der Waals surface area (Å²) in [7, 11) is 5.22. The number of amides is 6. The SMILES string of the molecule is COc1cc2c(cc1OCCCOc1cc3c(cc1OC)C(=O)N1C=C(c4ccc(NC(=O)[C@H](C)NC(=O)C(NC(=O)CCCCCN5C(=O)C=CC5=O)C(C)C)cc4)C[C@H]1C=N3)N=C[C@@H]1CC(c3ccc(N4CCN(C)CC4)cc3)=CC1C2=O. The summed E-state index contributed by atoms with van der Waals surface area (Å²) in [6.45, 7) is 10.1. The normalized spacial score (nSPS) is 19.5. The van der Waals surface area contributed by atoms with Gasteiger partial charge >= 0.3 is 0 Å². The number of methoxy groups -OCH3 is 2. The maximum Gasteiger partial charge on any atom is 0.260 e. The van der Waals surface area contributed by atoms with Crippen molar-refractivity contribution < 1.29 is 52.5 Å². The van der Waals surface area contributed by atoms with Gasteiger partial charge in [-0.2, -0.15) is 0 Å². The Morgan fingerprint density at radius 3 is 1.95 bits per heavy atom. The van der Waals surface area contributed by atoms with Crippen molar-refractivity contribution in [1.82, 2.24) is 25.3 Å². The van der Waals surface area contributed by atoms with Gasteiger partial charge in [0.25, 0.3) is 17.7 Å². The summed E-state index contributed by atoms with van der Waals surface area (Å²) in [5, 5.41) is 8.35. The highest BCUT2D eigenvalue weighted by Crippen LogP contribution is 2.45. The van der Waals surface area contributed by atoms with Gasteiger partial charge in [0, 0.05) is 124 Å². The van der Waals surface area contributed by atoms with Crippen LogP contribution in [-0.2, 0) is 24.0 Å². The average molecular weight is 1160 g/mol. The fourth-order valence-electron chi connectivity index (χ4n) is 11.4. The monoisotopic (exact) mass is 1160 g/mol. The van der Waals surface area contributed by atoms with Crippen molar-refractivity contribution in [1.29, 1.82) is 0 Å². The van der Waals surface area contributed by atoms with Gasteiger partial charge in [-0.1, -0.05) is 50.6 Å². The lowest BCUT2D eigenvalue weighted by Gasteiger charge is -2.34. The first kappa shape index (κ1) is 59.3. The number of fused-ring (bicyclic) bond motifs is 4. The number of ether oxygens (including phenoxy) is 4. The number of anilines is 2. The van der Waals surface area contributed by atoms with E-state index in [4.69, 9.17) is 28.9 Å². The third-order valence-corrected chi connectivity index (χ3v) is 16.4. The Morgan fingerprint density at radius 2 is 1.29 bits per heavy atom. The summed E-state index contributed by atoms with van der Waals surface area (Å²) in [5.41, 5.74) is 7.58. The Balaban J connectivity index is 0.682. The molecule has 5 heterocycles. The molecule has 10 rings (SSSR count). The second kappa shape index (κ2) is 26.3. The van der Waals surface area contributed by atoms with Crippen LogP contribution in [0, 0.1) is 17.8 Å². The zero-order valence-corrected chi connectivity index (χ0v) is 48.9. The molecule has 444 valence electrons. The molecule has 2 unspecified atom stereocenters. The summed E-state index contributed by atoms with van der Waals surface area (Å²) < 4.78 is 23.9. The summed E-state index contributed by atoms with van der Waals surface area (Å²) in [6, 6.07) is 20.6. The molecule has 3 N–H and O–H groups in total. The molecule has 1 aliphatic carbocycles. The molecule has 0 spiro atoms. The first-order valence-corrected chi connectivity index (χ1v) is 29.2. The van der Waals surface area contributed by atoms with E-state index in [-0.39, 0.29) is 79.4 Å². The number of carbonyl (C=O) groups is 7. The highest BCUT2D eigenvalue weighted by Gasteiger charge is 2.38. The second-order valence-corrected chi connectivity index (χ2v) is 22.6. The van der Waals surface area contributed by atoms with E-state index in [0.717, 1.165) is 54.9 Å². The molecule has 0 bridgehead atoms. The zero-order valence-electron chi connectivity index (χ0n) is 48.9. The van der Waals surface area contributed by atoms with Crippen molar-refractivity contribution in [3.05, 3.63) is 119 Å². The Hall–Kier alpha value is -8.91. The molecular formula is C65H73N9O11. The predicted octanol–water partition coefficient (Wildman–Crippen LogP) is 7.96. The number of likely N-dealkylation sites (N-methyl/N-ethyl adjacent to an activating group) is 1. The average Bonchev–Trinajstić information content (AvgIpc) is 2.52. The van der Waals surface area contributed by atoms with Crippen LogP contribution < -0.4 is 39.8 Å². The Kier molecular flexibility index (Phi) is 18.4. The van der Waals surface area contributed by atoms with E-state index in [0.29, 0.717) is 83.3 Å². The number of Topliss-reactive ketones (excluding diaryl/α,β-unsaturated/α-hetero) is 1. The van der Waals surface area contributed by atoms with Gasteiger partial charge in [0.1, 0.15) is 12.1 Å². The van der Waals surface area contributed by atoms with E-state index >= 15 is 0 Å². The van der Waals surface area contributed by atoms with Crippen LogP contribution >= 0.6 is 0 Å². The largest absolute Gasteiger partial charge is 0.493 e. The van der Waals surface area contributed by atoms with Crippen molar-refractivity contribution in [3.8, 4) is 23.0 Å². The highest BCUT2D eigenvalue weighted by molar-refractivity contribution is 6.13. The van der Waals surface area contributed by atoms with E-state index in [1.807, 2.05) is 24.5 Å². The minimum absolute atomic E-state index is 0.00521. The van der Waals surface area contributed by atoms with Gasteiger partial charge in [-0.25, -0.2) is 0 Å². The summed E-state index contributed by atoms with van der Waals surface area (Å²) in [4.78, 5) is 108. The molecule has 85 heavy (non-hydrogen) atoms. The number of imide groups is 1. The maximum atomic E-state index is 14.2. The minimum atomic E-state index is -0.924. The molecule has 0 radical (unpaired) electrons. The first-order chi connectivity index (χ1) is 41.0. The Labute approximate surface area is 495 Å². The maximum absolute atomic E-state index is 14.2. The quantitative estimate of drug-likeness (QED) is 0.0473. The smallest absolute Gasteiger partial charge is 0.260 e. The Morgan fingerprint density at radius 1 is 0.671 bits per heavy atom. The number of carbonyl (C=O) groups excluding carboxylic acids is 7. The number of ketones is 1. The molecule has 6 amide bonds. The summed E-state index contributed by atoms with van der Waals surface area (Å²) in [6.07, 6.45) is 13.6. The van der Waals surface area contributed by atoms with E-state index in [2.05, 4.69) is 63.1 Å². The lowest BCUT2D eigenvalue weighted by atomic mass is 9.89. The molecule has 4 aromatic carbocycles. The molecule has 20 nitrogen and oxygen atoms in total. The van der Waals surface area contributed by atoms with Crippen molar-refractivity contribution in [2.75, 3.05) is 77.4 Å². The lowest BCUT2D eigenvalue weighted by Crippen LogP contribution is -2.53. The van der Waals surface area contributed by atoms with Gasteiger partial charge in [-0.05, 0) is 97.8 Å². The number of nitrogens with zero attached hydrogens (tertiary/aromatic N) is 6. The number of nitrogens with one attached hydrogen (secondary N) is 3. The topological polar surface area (TPSA) is 230 Å². The number of allylic oxidation sites excluding steroid dienone is 2. The number of piperazine rings is 1. The van der Waals surface area contributed by atoms with E-state index < -0.39 is 23.9 Å². The molecule has 5 atom stereocenters. The van der Waals surface area contributed by atoms with Crippen LogP contribution in [0.1, 0.15) is 97.6 Å². The number of unbranched alkanes of at least 4 members (excludes halogenated alkanes) is 2. The molecule has 1 saturated heterocycles. The van der Waals surface area contributed by atoms with Crippen LogP contribution in [0.4, 0.5) is 22.7 Å². The van der Waals surface area contributed by atoms with Gasteiger partial charge in [0.15, 0.2) is 28.8 Å². The zero-order chi connectivity index (χ0) is 59.9. The van der Waals surface area contributed by atoms with Gasteiger partial charge in [0.05, 0.1) is 50.4 Å². The van der Waals surface area contributed by atoms with Gasteiger partial charge in [0.2, 0.25) is 17.7 Å². The number of hydrogen-bond donors (Lipinski definition) is 3. The minimum Gasteiger partial charge on any atom is -0.493 e. The molecule has 0 saturated carbocycles. The predicted molar refractivity (Wildman–Crippen MR) is 324 cm³/mol. The number of hydrogen-bond acceptors (Lipinski definition) is 15. The molecular weight excluding hydrogens is 1080 g/mol. The fourth-order valence-corrected chi connectivity index (χ4v) is 11.4. The van der Waals surface area contributed by atoms with Crippen LogP contribution in [0.25, 0.3) is 11.1 Å². The van der Waals surface area contributed by atoms with E-state index in [9.17, 15) is 33.6 Å². The van der Waals surface area contributed by atoms with Crippen molar-refractivity contribution in [3.63, 3.8) is 0 Å². The van der Waals surface area contributed by atoms with Crippen molar-refractivity contribution in [2.45, 2.75) is 83.8 Å². The van der Waals surface area contributed by atoms with Crippen LogP contribution in [-0.4, -0.2) is 154 Å². The molecule has 0 aromatic heterocycles. The third kappa shape index (κ3) is 13.5. The number of rotatable bonds is 23. The second-order valence-electron chi connectivity index (χ2n) is 22.6. The van der Waals surface area contributed by atoms with Gasteiger partial charge in [-0.15, -0.1) is 0 Å². The van der Waals surface area contributed by atoms with E-state index in [1.165, 1.54) is 29.8 Å². The van der Waals surface area contributed by atoms with Crippen LogP contribution in [0.15, 0.2) is 107 Å². The molecule has 6 aliphatic rings. The van der Waals surface area contributed by atoms with Crippen LogP contribution in [0.3, 0.4) is 0 Å². The van der Waals surface area contributed by atoms with Gasteiger partial charge in [-0.3, -0.25) is 48.4 Å². The Bertz CT molecular complexity index is 3380. The van der Waals surface area contributed by atoms with E-state index in [1.54, 1.807) is 75.4 Å². The van der Waals surface area contributed by atoms with Crippen molar-refractivity contribution >= 4 is 87.6 Å². The molecule has 4 aromatic rings. The first-order valence-electron chi connectivity index (χ1n) is 29.2. The molecule has 1 fully saturated rings. The lowest BCUT2D eigenvalue weighted by molar-refractivity contribution is -0.137. The number of aliphatic imine (C=N–C) groups is 2. The summed E-state index contributed by atoms with van der Waals surface area (Å²) >= 11 is 0. The summed E-state index contributed by atoms with van der Waals surface area (Å²) in [5.74, 6) is -1.12. The van der Waals surface area contributed by atoms with Crippen LogP contribution in [0.5, 0.6) is 23.0 Å². The fraction of sp³-hybridized carbons (Fsp3) is 0.400. The number of benzene rings is 4. The highest BCUT2D eigenvalue weighted by atomic mass is 16.5. The molecule has 5 aliphatic heterocycles. The standard InChI is InChI=1S/C65H73N9O11/c1-39(2)61(70-58(75)11-8-7-9-22-73-59(76)20-21-60(73)77)64(80)68-40(3)63(79)69-46-16-12-42(13-17-46)45-30-48-37-67-53-35-57(55(83-6)33-51(53)65(81)74(48)38-45)85-28-10-27-84-56-34-52-50(32-54(56)82-5)62(78)49-31-43(29-44(49)36-66-52)41-14-18-47(19-15-41)72-25-23-71(4)24-26-72/h12-21,31-40,44,48-49,61H,7-11,22-30H2,1-6H3,(H,68,80)(H,69,79)(H,70,75)/t40-,44-,48-,49?,61?/m0/s1.